The summed E-state index contributed by atoms with van der Waals surface area (Å²) >= 11 is 0. The van der Waals surface area contributed by atoms with Gasteiger partial charge < -0.3 is 9.80 Å². The van der Waals surface area contributed by atoms with Crippen LogP contribution in [0.4, 0.5) is 4.39 Å². The average Bonchev–Trinajstić information content (AvgIpc) is 3.08. The number of hydrogen-bond acceptors (Lipinski definition) is 5. The summed E-state index contributed by atoms with van der Waals surface area (Å²) in [7, 11) is 0. The fraction of sp³-hybridized carbons (Fsp3) is 0.500. The van der Waals surface area contributed by atoms with Gasteiger partial charge in [-0.1, -0.05) is 26.0 Å². The van der Waals surface area contributed by atoms with E-state index in [9.17, 15) is 14.0 Å². The maximum atomic E-state index is 13.2. The second kappa shape index (κ2) is 8.24. The van der Waals surface area contributed by atoms with Crippen molar-refractivity contribution in [2.24, 2.45) is 5.92 Å². The van der Waals surface area contributed by atoms with Gasteiger partial charge in [-0.2, -0.15) is 0 Å². The van der Waals surface area contributed by atoms with Gasteiger partial charge in [-0.05, 0) is 34.0 Å². The number of nitrogens with zero attached hydrogens (tertiary/aromatic N) is 6. The van der Waals surface area contributed by atoms with Crippen molar-refractivity contribution < 1.29 is 14.0 Å². The van der Waals surface area contributed by atoms with Gasteiger partial charge in [0.15, 0.2) is 0 Å². The lowest BCUT2D eigenvalue weighted by molar-refractivity contribution is -0.134. The van der Waals surface area contributed by atoms with E-state index in [2.05, 4.69) is 15.5 Å². The SMILES string of the molecule is CC(C)C1CN(C(=O)Cn2cnnn2)CCC(=O)N1Cc1ccc(F)cc1. The Hall–Kier alpha value is -2.84. The largest absolute Gasteiger partial charge is 0.338 e. The molecule has 1 aliphatic heterocycles. The van der Waals surface area contributed by atoms with Gasteiger partial charge in [-0.15, -0.1) is 5.10 Å². The predicted octanol–water partition coefficient (Wildman–Crippen LogP) is 1.10. The lowest BCUT2D eigenvalue weighted by atomic mass is 10.0. The van der Waals surface area contributed by atoms with Crippen LogP contribution in [-0.2, 0) is 22.7 Å². The van der Waals surface area contributed by atoms with Crippen LogP contribution in [0.1, 0.15) is 25.8 Å². The molecule has 0 saturated carbocycles. The smallest absolute Gasteiger partial charge is 0.244 e. The van der Waals surface area contributed by atoms with Crippen LogP contribution in [0.2, 0.25) is 0 Å². The number of carbonyl (C=O) groups excluding carboxylic acids is 2. The molecule has 0 spiro atoms. The maximum absolute atomic E-state index is 13.2. The van der Waals surface area contributed by atoms with E-state index in [-0.39, 0.29) is 42.6 Å². The normalized spacial score (nSPS) is 18.1. The highest BCUT2D eigenvalue weighted by Crippen LogP contribution is 2.21. The van der Waals surface area contributed by atoms with Gasteiger partial charge in [0.2, 0.25) is 11.8 Å². The predicted molar refractivity (Wildman–Crippen MR) is 94.6 cm³/mol. The van der Waals surface area contributed by atoms with E-state index >= 15 is 0 Å². The monoisotopic (exact) mass is 374 g/mol. The Morgan fingerprint density at radius 2 is 2.04 bits per heavy atom. The quantitative estimate of drug-likeness (QED) is 0.782. The van der Waals surface area contributed by atoms with Crippen molar-refractivity contribution in [1.82, 2.24) is 30.0 Å². The minimum Gasteiger partial charge on any atom is -0.338 e. The number of halogens is 1. The second-order valence-electron chi connectivity index (χ2n) is 7.06. The molecule has 3 rings (SSSR count). The zero-order valence-corrected chi connectivity index (χ0v) is 15.5. The third kappa shape index (κ3) is 4.66. The van der Waals surface area contributed by atoms with Crippen LogP contribution in [0, 0.1) is 11.7 Å². The van der Waals surface area contributed by atoms with E-state index in [0.29, 0.717) is 19.6 Å². The van der Waals surface area contributed by atoms with Gasteiger partial charge in [0.05, 0.1) is 6.04 Å². The first-order valence-electron chi connectivity index (χ1n) is 8.96. The van der Waals surface area contributed by atoms with Gasteiger partial charge in [0.25, 0.3) is 0 Å². The zero-order valence-electron chi connectivity index (χ0n) is 15.5. The number of amides is 2. The molecule has 1 aliphatic rings. The molecule has 2 aromatic rings. The summed E-state index contributed by atoms with van der Waals surface area (Å²) in [4.78, 5) is 28.9. The molecule has 0 radical (unpaired) electrons. The summed E-state index contributed by atoms with van der Waals surface area (Å²) in [6, 6.07) is 6.04. The van der Waals surface area contributed by atoms with Crippen LogP contribution >= 0.6 is 0 Å². The summed E-state index contributed by atoms with van der Waals surface area (Å²) in [5.74, 6) is -0.267. The highest BCUT2D eigenvalue weighted by atomic mass is 19.1. The first-order valence-corrected chi connectivity index (χ1v) is 8.96. The number of rotatable bonds is 5. The van der Waals surface area contributed by atoms with E-state index in [0.717, 1.165) is 5.56 Å². The Kier molecular flexibility index (Phi) is 5.78. The van der Waals surface area contributed by atoms with Gasteiger partial charge in [-0.25, -0.2) is 9.07 Å². The average molecular weight is 374 g/mol. The Bertz CT molecular complexity index is 778. The van der Waals surface area contributed by atoms with Crippen LogP contribution in [0.3, 0.4) is 0 Å². The topological polar surface area (TPSA) is 84.2 Å². The molecule has 0 bridgehead atoms. The van der Waals surface area contributed by atoms with Crippen molar-refractivity contribution in [3.8, 4) is 0 Å². The molecule has 1 saturated heterocycles. The fourth-order valence-corrected chi connectivity index (χ4v) is 3.26. The van der Waals surface area contributed by atoms with Crippen LogP contribution in [0.15, 0.2) is 30.6 Å². The highest BCUT2D eigenvalue weighted by Gasteiger charge is 2.33. The van der Waals surface area contributed by atoms with Crippen LogP contribution in [0.5, 0.6) is 0 Å². The molecule has 1 fully saturated rings. The third-order valence-corrected chi connectivity index (χ3v) is 4.80. The summed E-state index contributed by atoms with van der Waals surface area (Å²) in [5, 5.41) is 10.8. The lowest BCUT2D eigenvalue weighted by Gasteiger charge is -2.34. The van der Waals surface area contributed by atoms with Crippen molar-refractivity contribution in [3.05, 3.63) is 42.0 Å². The number of carbonyl (C=O) groups is 2. The molecule has 2 heterocycles. The molecule has 27 heavy (non-hydrogen) atoms. The molecule has 0 N–H and O–H groups in total. The summed E-state index contributed by atoms with van der Waals surface area (Å²) in [5.41, 5.74) is 0.865. The van der Waals surface area contributed by atoms with Crippen LogP contribution < -0.4 is 0 Å². The van der Waals surface area contributed by atoms with Crippen molar-refractivity contribution in [2.45, 2.75) is 39.4 Å². The number of tetrazole rings is 1. The van der Waals surface area contributed by atoms with Crippen molar-refractivity contribution in [3.63, 3.8) is 0 Å². The summed E-state index contributed by atoms with van der Waals surface area (Å²) in [6.45, 7) is 5.32. The highest BCUT2D eigenvalue weighted by molar-refractivity contribution is 5.80. The fourth-order valence-electron chi connectivity index (χ4n) is 3.26. The molecule has 1 unspecified atom stereocenters. The number of hydrogen-bond donors (Lipinski definition) is 0. The standard InChI is InChI=1S/C18H23FN6O2/c1-13(2)16-10-23(18(27)11-24-12-20-21-22-24)8-7-17(26)25(16)9-14-3-5-15(19)6-4-14/h3-6,12-13,16H,7-11H2,1-2H3. The molecular formula is C18H23FN6O2. The Labute approximate surface area is 156 Å². The Morgan fingerprint density at radius 1 is 1.30 bits per heavy atom. The summed E-state index contributed by atoms with van der Waals surface area (Å²) in [6.07, 6.45) is 1.65. The Balaban J connectivity index is 1.75. The minimum absolute atomic E-state index is 0.00394. The minimum atomic E-state index is -0.305. The first kappa shape index (κ1) is 18.9. The van der Waals surface area contributed by atoms with Crippen molar-refractivity contribution in [1.29, 1.82) is 0 Å². The van der Waals surface area contributed by atoms with Gasteiger partial charge in [0, 0.05) is 26.1 Å². The van der Waals surface area contributed by atoms with E-state index in [1.54, 1.807) is 17.0 Å². The van der Waals surface area contributed by atoms with Gasteiger partial charge >= 0.3 is 0 Å². The number of benzene rings is 1. The molecule has 8 nitrogen and oxygen atoms in total. The van der Waals surface area contributed by atoms with Crippen LogP contribution in [-0.4, -0.2) is 61.0 Å². The van der Waals surface area contributed by atoms with Crippen molar-refractivity contribution >= 4 is 11.8 Å². The van der Waals surface area contributed by atoms with Gasteiger partial charge in [-0.3, -0.25) is 9.59 Å². The van der Waals surface area contributed by atoms with E-state index in [4.69, 9.17) is 0 Å². The molecule has 0 aliphatic carbocycles. The molecule has 9 heteroatoms. The molecule has 1 aromatic carbocycles. The number of aromatic nitrogens is 4. The Morgan fingerprint density at radius 3 is 2.67 bits per heavy atom. The first-order chi connectivity index (χ1) is 12.9. The third-order valence-electron chi connectivity index (χ3n) is 4.80. The van der Waals surface area contributed by atoms with Gasteiger partial charge in [0.1, 0.15) is 18.7 Å². The van der Waals surface area contributed by atoms with E-state index < -0.39 is 0 Å². The van der Waals surface area contributed by atoms with Crippen LogP contribution in [0.25, 0.3) is 0 Å². The molecular weight excluding hydrogens is 351 g/mol. The molecule has 2 amide bonds. The van der Waals surface area contributed by atoms with Crippen molar-refractivity contribution in [2.75, 3.05) is 13.1 Å². The molecule has 1 aromatic heterocycles. The molecule has 144 valence electrons. The summed E-state index contributed by atoms with van der Waals surface area (Å²) < 4.78 is 14.5. The van der Waals surface area contributed by atoms with E-state index in [1.165, 1.54) is 23.1 Å². The van der Waals surface area contributed by atoms with E-state index in [1.807, 2.05) is 18.7 Å². The molecule has 1 atom stereocenters. The maximum Gasteiger partial charge on any atom is 0.244 e. The lowest BCUT2D eigenvalue weighted by Crippen LogP contribution is -2.47. The second-order valence-corrected chi connectivity index (χ2v) is 7.06. The zero-order chi connectivity index (χ0) is 19.4.